The summed E-state index contributed by atoms with van der Waals surface area (Å²) in [5, 5.41) is 3.44. The number of ether oxygens (including phenoxy) is 2. The first kappa shape index (κ1) is 23.1. The number of halogens is 2. The number of hydrogen-bond donors (Lipinski definition) is 1. The number of hydrogen-bond acceptors (Lipinski definition) is 5. The molecule has 1 amide bonds. The number of benzene rings is 2. The lowest BCUT2D eigenvalue weighted by molar-refractivity contribution is -0.121. The molecule has 10 heteroatoms. The highest BCUT2D eigenvalue weighted by atomic mass is 35.5. The van der Waals surface area contributed by atoms with Crippen molar-refractivity contribution in [2.24, 2.45) is 0 Å². The molecule has 29 heavy (non-hydrogen) atoms. The van der Waals surface area contributed by atoms with Gasteiger partial charge in [-0.05, 0) is 37.3 Å². The van der Waals surface area contributed by atoms with Crippen LogP contribution < -0.4 is 19.1 Å². The van der Waals surface area contributed by atoms with Gasteiger partial charge in [-0.2, -0.15) is 0 Å². The molecule has 0 unspecified atom stereocenters. The molecule has 2 aromatic carbocycles. The lowest BCUT2D eigenvalue weighted by Gasteiger charge is -2.29. The second kappa shape index (κ2) is 10.0. The van der Waals surface area contributed by atoms with E-state index in [9.17, 15) is 13.2 Å². The van der Waals surface area contributed by atoms with Crippen LogP contribution in [0.5, 0.6) is 11.5 Å². The molecule has 0 saturated carbocycles. The first-order valence-electron chi connectivity index (χ1n) is 8.63. The Morgan fingerprint density at radius 3 is 2.48 bits per heavy atom. The molecular weight excluding hydrogens is 439 g/mol. The average molecular weight is 461 g/mol. The molecule has 0 fully saturated rings. The van der Waals surface area contributed by atoms with Crippen LogP contribution in [0.4, 0.5) is 5.69 Å². The van der Waals surface area contributed by atoms with E-state index in [2.05, 4.69) is 5.32 Å². The van der Waals surface area contributed by atoms with Crippen molar-refractivity contribution in [3.8, 4) is 11.5 Å². The Balaban J connectivity index is 2.10. The number of carbonyl (C=O) groups excluding carboxylic acids is 1. The van der Waals surface area contributed by atoms with Gasteiger partial charge >= 0.3 is 0 Å². The van der Waals surface area contributed by atoms with E-state index in [0.29, 0.717) is 15.8 Å². The lowest BCUT2D eigenvalue weighted by atomic mass is 10.2. The molecule has 1 N–H and O–H groups in total. The van der Waals surface area contributed by atoms with Crippen molar-refractivity contribution >= 4 is 44.8 Å². The minimum atomic E-state index is -3.81. The Kier molecular flexibility index (Phi) is 8.01. The largest absolute Gasteiger partial charge is 0.495 e. The van der Waals surface area contributed by atoms with E-state index in [1.807, 2.05) is 0 Å². The van der Waals surface area contributed by atoms with E-state index >= 15 is 0 Å². The zero-order valence-electron chi connectivity index (χ0n) is 16.2. The summed E-state index contributed by atoms with van der Waals surface area (Å²) in [4.78, 5) is 12.6. The number of carbonyl (C=O) groups is 1. The highest BCUT2D eigenvalue weighted by molar-refractivity contribution is 7.92. The van der Waals surface area contributed by atoms with E-state index in [4.69, 9.17) is 32.7 Å². The molecule has 0 saturated heterocycles. The fourth-order valence-corrected chi connectivity index (χ4v) is 4.19. The fourth-order valence-electron chi connectivity index (χ4n) is 2.66. The van der Waals surface area contributed by atoms with E-state index in [0.717, 1.165) is 10.6 Å². The highest BCUT2D eigenvalue weighted by Gasteiger charge is 2.31. The summed E-state index contributed by atoms with van der Waals surface area (Å²) >= 11 is 12.0. The molecule has 158 valence electrons. The van der Waals surface area contributed by atoms with Gasteiger partial charge in [0, 0.05) is 5.02 Å². The number of nitrogens with zero attached hydrogens (tertiary/aromatic N) is 1. The number of anilines is 1. The van der Waals surface area contributed by atoms with Crippen molar-refractivity contribution < 1.29 is 22.7 Å². The molecule has 0 bridgehead atoms. The Morgan fingerprint density at radius 1 is 1.17 bits per heavy atom. The Labute approximate surface area is 180 Å². The zero-order chi connectivity index (χ0) is 21.6. The molecule has 0 spiro atoms. The van der Waals surface area contributed by atoms with Gasteiger partial charge in [0.1, 0.15) is 24.1 Å². The maximum absolute atomic E-state index is 12.6. The number of methoxy groups -OCH3 is 1. The van der Waals surface area contributed by atoms with Gasteiger partial charge in [0.25, 0.3) is 0 Å². The number of amides is 1. The summed E-state index contributed by atoms with van der Waals surface area (Å²) in [7, 11) is -2.40. The topological polar surface area (TPSA) is 84.9 Å². The predicted molar refractivity (Wildman–Crippen MR) is 115 cm³/mol. The smallest absolute Gasteiger partial charge is 0.243 e. The van der Waals surface area contributed by atoms with Gasteiger partial charge in [-0.1, -0.05) is 35.3 Å². The number of nitrogens with one attached hydrogen (secondary N) is 1. The van der Waals surface area contributed by atoms with Crippen molar-refractivity contribution in [3.63, 3.8) is 0 Å². The molecule has 2 aromatic rings. The molecule has 0 heterocycles. The average Bonchev–Trinajstić information content (AvgIpc) is 2.65. The first-order chi connectivity index (χ1) is 13.6. The second-order valence-electron chi connectivity index (χ2n) is 6.12. The second-order valence-corrected chi connectivity index (χ2v) is 8.82. The Bertz CT molecular complexity index is 969. The third-order valence-corrected chi connectivity index (χ3v) is 5.74. The van der Waals surface area contributed by atoms with E-state index in [-0.39, 0.29) is 24.6 Å². The molecule has 0 aliphatic carbocycles. The van der Waals surface area contributed by atoms with Gasteiger partial charge in [-0.3, -0.25) is 9.10 Å². The van der Waals surface area contributed by atoms with Gasteiger partial charge in [-0.15, -0.1) is 0 Å². The zero-order valence-corrected chi connectivity index (χ0v) is 18.5. The van der Waals surface area contributed by atoms with Gasteiger partial charge in [-0.25, -0.2) is 8.42 Å². The van der Waals surface area contributed by atoms with E-state index in [1.165, 1.54) is 26.2 Å². The van der Waals surface area contributed by atoms with E-state index < -0.39 is 22.0 Å². The van der Waals surface area contributed by atoms with Crippen LogP contribution in [-0.4, -0.2) is 46.9 Å². The quantitative estimate of drug-likeness (QED) is 0.579. The summed E-state index contributed by atoms with van der Waals surface area (Å²) < 4.78 is 36.6. The third-order valence-electron chi connectivity index (χ3n) is 3.96. The molecular formula is C19H22Cl2N2O5S. The minimum Gasteiger partial charge on any atom is -0.495 e. The molecule has 2 rings (SSSR count). The Morgan fingerprint density at radius 2 is 1.86 bits per heavy atom. The number of sulfonamides is 1. The maximum atomic E-state index is 12.6. The van der Waals surface area contributed by atoms with Crippen molar-refractivity contribution in [2.45, 2.75) is 13.0 Å². The van der Waals surface area contributed by atoms with Crippen LogP contribution in [-0.2, 0) is 14.8 Å². The van der Waals surface area contributed by atoms with E-state index in [1.54, 1.807) is 30.3 Å². The summed E-state index contributed by atoms with van der Waals surface area (Å²) in [6.45, 7) is 1.81. The van der Waals surface area contributed by atoms with Crippen molar-refractivity contribution in [1.29, 1.82) is 0 Å². The summed E-state index contributed by atoms with van der Waals surface area (Å²) in [5.74, 6) is 0.277. The molecule has 0 aliphatic rings. The molecule has 1 atom stereocenters. The third kappa shape index (κ3) is 6.16. The molecule has 7 nitrogen and oxygen atoms in total. The van der Waals surface area contributed by atoms with Gasteiger partial charge < -0.3 is 14.8 Å². The monoisotopic (exact) mass is 460 g/mol. The normalized spacial score (nSPS) is 12.2. The summed E-state index contributed by atoms with van der Waals surface area (Å²) in [6, 6.07) is 10.5. The van der Waals surface area contributed by atoms with Crippen LogP contribution in [0, 0.1) is 0 Å². The SMILES string of the molecule is COc1ccc(Cl)cc1N([C@H](C)C(=O)NCCOc1ccccc1Cl)S(C)(=O)=O. The van der Waals surface area contributed by atoms with Crippen LogP contribution in [0.2, 0.25) is 10.0 Å². The molecule has 0 aromatic heterocycles. The van der Waals surface area contributed by atoms with Crippen molar-refractivity contribution in [3.05, 3.63) is 52.5 Å². The standard InChI is InChI=1S/C19H22Cl2N2O5S/c1-13(19(24)22-10-11-28-17-7-5-4-6-15(17)21)23(29(3,25)26)16-12-14(20)8-9-18(16)27-2/h4-9,12-13H,10-11H2,1-3H3,(H,22,24)/t13-/m1/s1. The van der Waals surface area contributed by atoms with Crippen LogP contribution in [0.25, 0.3) is 0 Å². The van der Waals surface area contributed by atoms with Crippen molar-refractivity contribution in [1.82, 2.24) is 5.32 Å². The molecule has 0 radical (unpaired) electrons. The first-order valence-corrected chi connectivity index (χ1v) is 11.2. The number of rotatable bonds is 9. The highest BCUT2D eigenvalue weighted by Crippen LogP contribution is 2.34. The van der Waals surface area contributed by atoms with Gasteiger partial charge in [0.05, 0.1) is 30.6 Å². The van der Waals surface area contributed by atoms with Crippen LogP contribution in [0.15, 0.2) is 42.5 Å². The van der Waals surface area contributed by atoms with Crippen molar-refractivity contribution in [2.75, 3.05) is 30.8 Å². The molecule has 0 aliphatic heterocycles. The Hall–Kier alpha value is -2.16. The maximum Gasteiger partial charge on any atom is 0.243 e. The summed E-state index contributed by atoms with van der Waals surface area (Å²) in [5.41, 5.74) is 0.178. The van der Waals surface area contributed by atoms with Gasteiger partial charge in [0.15, 0.2) is 0 Å². The number of para-hydroxylation sites is 1. The van der Waals surface area contributed by atoms with Crippen LogP contribution in [0.3, 0.4) is 0 Å². The van der Waals surface area contributed by atoms with Crippen LogP contribution in [0.1, 0.15) is 6.92 Å². The summed E-state index contributed by atoms with van der Waals surface area (Å²) in [6.07, 6.45) is 1.01. The fraction of sp³-hybridized carbons (Fsp3) is 0.316. The van der Waals surface area contributed by atoms with Gasteiger partial charge in [0.2, 0.25) is 15.9 Å². The van der Waals surface area contributed by atoms with Crippen LogP contribution >= 0.6 is 23.2 Å². The lowest BCUT2D eigenvalue weighted by Crippen LogP contribution is -2.48. The minimum absolute atomic E-state index is 0.165. The predicted octanol–water partition coefficient (Wildman–Crippen LogP) is 3.35.